The van der Waals surface area contributed by atoms with Gasteiger partial charge in [0, 0.05) is 7.05 Å². The summed E-state index contributed by atoms with van der Waals surface area (Å²) in [5.41, 5.74) is 3.01. The molecule has 0 saturated carbocycles. The third-order valence-corrected chi connectivity index (χ3v) is 4.76. The number of fused-ring (bicyclic) bond motifs is 1. The van der Waals surface area contributed by atoms with Gasteiger partial charge in [-0.3, -0.25) is 9.36 Å². The number of hydrogen-bond donors (Lipinski definition) is 0. The number of nitrogens with zero attached hydrogens (tertiary/aromatic N) is 5. The summed E-state index contributed by atoms with van der Waals surface area (Å²) in [6, 6.07) is 13.9. The smallest absolute Gasteiger partial charge is 0.272 e. The van der Waals surface area contributed by atoms with Crippen LogP contribution in [-0.4, -0.2) is 37.6 Å². The Bertz CT molecular complexity index is 890. The van der Waals surface area contributed by atoms with E-state index in [4.69, 9.17) is 0 Å². The fourth-order valence-corrected chi connectivity index (χ4v) is 3.46. The molecule has 2 heterocycles. The molecule has 1 aliphatic rings. The molecule has 6 heteroatoms. The molecule has 1 aromatic carbocycles. The number of amides is 1. The van der Waals surface area contributed by atoms with E-state index in [9.17, 15) is 4.79 Å². The summed E-state index contributed by atoms with van der Waals surface area (Å²) < 4.78 is 1.69. The van der Waals surface area contributed by atoms with Crippen LogP contribution in [0.25, 0.3) is 5.82 Å². The zero-order valence-corrected chi connectivity index (χ0v) is 14.0. The Hall–Kier alpha value is -3.02. The van der Waals surface area contributed by atoms with Crippen molar-refractivity contribution in [1.29, 1.82) is 0 Å². The quantitative estimate of drug-likeness (QED) is 0.739. The van der Waals surface area contributed by atoms with Gasteiger partial charge in [-0.15, -0.1) is 10.2 Å². The lowest BCUT2D eigenvalue weighted by atomic mass is 9.87. The van der Waals surface area contributed by atoms with Crippen LogP contribution < -0.4 is 0 Å². The van der Waals surface area contributed by atoms with Crippen LogP contribution >= 0.6 is 0 Å². The molecule has 0 spiro atoms. The second kappa shape index (κ2) is 6.47. The molecule has 4 rings (SSSR count). The number of benzene rings is 1. The minimum atomic E-state index is -0.0726. The number of carbonyl (C=O) groups excluding carboxylic acids is 1. The van der Waals surface area contributed by atoms with E-state index in [2.05, 4.69) is 33.4 Å². The largest absolute Gasteiger partial charge is 0.333 e. The van der Waals surface area contributed by atoms with Gasteiger partial charge in [-0.25, -0.2) is 4.98 Å². The molecule has 126 valence electrons. The first-order valence-electron chi connectivity index (χ1n) is 8.41. The minimum absolute atomic E-state index is 0.0726. The predicted molar refractivity (Wildman–Crippen MR) is 93.4 cm³/mol. The summed E-state index contributed by atoms with van der Waals surface area (Å²) in [7, 11) is 1.86. The number of rotatable bonds is 3. The normalized spacial score (nSPS) is 16.3. The fourth-order valence-electron chi connectivity index (χ4n) is 3.46. The summed E-state index contributed by atoms with van der Waals surface area (Å²) >= 11 is 0. The molecule has 0 unspecified atom stereocenters. The maximum atomic E-state index is 13.0. The van der Waals surface area contributed by atoms with Crippen LogP contribution in [0.15, 0.2) is 55.1 Å². The Kier molecular flexibility index (Phi) is 4.01. The molecule has 6 nitrogen and oxygen atoms in total. The minimum Gasteiger partial charge on any atom is -0.333 e. The molecular weight excluding hydrogens is 314 g/mol. The first kappa shape index (κ1) is 15.5. The predicted octanol–water partition coefficient (Wildman–Crippen LogP) is 2.81. The van der Waals surface area contributed by atoms with Gasteiger partial charge >= 0.3 is 0 Å². The van der Waals surface area contributed by atoms with Crippen LogP contribution in [0.2, 0.25) is 0 Å². The van der Waals surface area contributed by atoms with E-state index < -0.39 is 0 Å². The molecule has 2 aromatic heterocycles. The van der Waals surface area contributed by atoms with E-state index in [1.807, 2.05) is 30.1 Å². The Balaban J connectivity index is 1.62. The number of hydrogen-bond acceptors (Lipinski definition) is 4. The molecule has 1 aliphatic carbocycles. The average Bonchev–Trinajstić information content (AvgIpc) is 3.21. The molecule has 0 aliphatic heterocycles. The second-order valence-corrected chi connectivity index (χ2v) is 6.27. The van der Waals surface area contributed by atoms with E-state index in [1.165, 1.54) is 11.1 Å². The van der Waals surface area contributed by atoms with Crippen molar-refractivity contribution in [2.24, 2.45) is 0 Å². The fraction of sp³-hybridized carbons (Fsp3) is 0.263. The molecule has 1 atom stereocenters. The third-order valence-electron chi connectivity index (χ3n) is 4.76. The van der Waals surface area contributed by atoms with Crippen molar-refractivity contribution in [3.05, 3.63) is 71.9 Å². The second-order valence-electron chi connectivity index (χ2n) is 6.27. The summed E-state index contributed by atoms with van der Waals surface area (Å²) in [5, 5.41) is 7.57. The van der Waals surface area contributed by atoms with Crippen molar-refractivity contribution in [2.45, 2.75) is 25.3 Å². The molecule has 0 bridgehead atoms. The van der Waals surface area contributed by atoms with E-state index in [0.717, 1.165) is 19.3 Å². The van der Waals surface area contributed by atoms with Crippen LogP contribution in [0.1, 0.15) is 40.5 Å². The lowest BCUT2D eigenvalue weighted by molar-refractivity contribution is 0.0709. The molecule has 1 amide bonds. The molecule has 0 fully saturated rings. The highest BCUT2D eigenvalue weighted by molar-refractivity contribution is 5.92. The topological polar surface area (TPSA) is 63.9 Å². The Morgan fingerprint density at radius 3 is 2.76 bits per heavy atom. The van der Waals surface area contributed by atoms with Crippen molar-refractivity contribution in [2.75, 3.05) is 7.05 Å². The van der Waals surface area contributed by atoms with Gasteiger partial charge in [0.25, 0.3) is 5.91 Å². The van der Waals surface area contributed by atoms with Gasteiger partial charge in [-0.1, -0.05) is 30.3 Å². The monoisotopic (exact) mass is 333 g/mol. The van der Waals surface area contributed by atoms with Gasteiger partial charge in [0.1, 0.15) is 24.2 Å². The van der Waals surface area contributed by atoms with Crippen LogP contribution in [0, 0.1) is 0 Å². The number of pyridine rings is 1. The standard InChI is InChI=1S/C19H19N5O/c1-23(17-10-4-7-14-6-2-3-8-15(14)17)19(25)16-9-5-11-18(22-16)24-12-20-21-13-24/h2-3,5-6,8-9,11-13,17H,4,7,10H2,1H3/t17-/m0/s1. The van der Waals surface area contributed by atoms with Crippen LogP contribution in [0.3, 0.4) is 0 Å². The zero-order chi connectivity index (χ0) is 17.2. The highest BCUT2D eigenvalue weighted by Gasteiger charge is 2.27. The van der Waals surface area contributed by atoms with Crippen molar-refractivity contribution < 1.29 is 4.79 Å². The molecule has 0 N–H and O–H groups in total. The maximum Gasteiger partial charge on any atom is 0.272 e. The van der Waals surface area contributed by atoms with Gasteiger partial charge in [0.05, 0.1) is 6.04 Å². The van der Waals surface area contributed by atoms with Gasteiger partial charge < -0.3 is 4.90 Å². The van der Waals surface area contributed by atoms with E-state index in [1.54, 1.807) is 23.3 Å². The van der Waals surface area contributed by atoms with Crippen molar-refractivity contribution in [3.63, 3.8) is 0 Å². The van der Waals surface area contributed by atoms with Gasteiger partial charge in [-0.05, 0) is 42.5 Å². The first-order chi connectivity index (χ1) is 12.2. The van der Waals surface area contributed by atoms with Crippen LogP contribution in [0.5, 0.6) is 0 Å². The van der Waals surface area contributed by atoms with E-state index in [-0.39, 0.29) is 11.9 Å². The van der Waals surface area contributed by atoms with Crippen LogP contribution in [-0.2, 0) is 6.42 Å². The molecule has 25 heavy (non-hydrogen) atoms. The number of aromatic nitrogens is 4. The summed E-state index contributed by atoms with van der Waals surface area (Å²) in [4.78, 5) is 19.3. The third kappa shape index (κ3) is 2.91. The maximum absolute atomic E-state index is 13.0. The summed E-state index contributed by atoms with van der Waals surface area (Å²) in [6.45, 7) is 0. The van der Waals surface area contributed by atoms with Gasteiger partial charge in [0.15, 0.2) is 0 Å². The summed E-state index contributed by atoms with van der Waals surface area (Å²) in [6.07, 6.45) is 6.28. The summed E-state index contributed by atoms with van der Waals surface area (Å²) in [5.74, 6) is 0.560. The molecule has 3 aromatic rings. The highest BCUT2D eigenvalue weighted by atomic mass is 16.2. The Morgan fingerprint density at radius 1 is 1.12 bits per heavy atom. The van der Waals surface area contributed by atoms with Crippen LogP contribution in [0.4, 0.5) is 0 Å². The molecule has 0 saturated heterocycles. The van der Waals surface area contributed by atoms with E-state index in [0.29, 0.717) is 11.5 Å². The van der Waals surface area contributed by atoms with Gasteiger partial charge in [-0.2, -0.15) is 0 Å². The first-order valence-corrected chi connectivity index (χ1v) is 8.41. The van der Waals surface area contributed by atoms with Crippen molar-refractivity contribution >= 4 is 5.91 Å². The lowest BCUT2D eigenvalue weighted by Gasteiger charge is -2.33. The zero-order valence-electron chi connectivity index (χ0n) is 14.0. The van der Waals surface area contributed by atoms with E-state index >= 15 is 0 Å². The number of aryl methyl sites for hydroxylation is 1. The molecule has 0 radical (unpaired) electrons. The Labute approximate surface area is 146 Å². The SMILES string of the molecule is CN(C(=O)c1cccc(-n2cnnc2)n1)[C@H]1CCCc2ccccc21. The van der Waals surface area contributed by atoms with Crippen molar-refractivity contribution in [3.8, 4) is 5.82 Å². The molecular formula is C19H19N5O. The number of carbonyl (C=O) groups is 1. The average molecular weight is 333 g/mol. The highest BCUT2D eigenvalue weighted by Crippen LogP contribution is 2.34. The van der Waals surface area contributed by atoms with Crippen molar-refractivity contribution in [1.82, 2.24) is 24.6 Å². The van der Waals surface area contributed by atoms with Gasteiger partial charge in [0.2, 0.25) is 0 Å². The lowest BCUT2D eigenvalue weighted by Crippen LogP contribution is -2.34. The Morgan fingerprint density at radius 2 is 1.92 bits per heavy atom.